The van der Waals surface area contributed by atoms with Gasteiger partial charge >= 0.3 is 5.97 Å². The largest absolute Gasteiger partial charge is 0.469 e. The van der Waals surface area contributed by atoms with Crippen molar-refractivity contribution in [2.45, 2.75) is 11.9 Å². The predicted octanol–water partition coefficient (Wildman–Crippen LogP) is 0.681. The minimum Gasteiger partial charge on any atom is -0.469 e. The van der Waals surface area contributed by atoms with Gasteiger partial charge in [0.15, 0.2) is 5.03 Å². The van der Waals surface area contributed by atoms with E-state index >= 15 is 0 Å². The second-order valence-corrected chi connectivity index (χ2v) is 4.39. The minimum absolute atomic E-state index is 0.149. The van der Waals surface area contributed by atoms with Gasteiger partial charge in [-0.1, -0.05) is 18.7 Å². The van der Waals surface area contributed by atoms with Crippen LogP contribution in [0.1, 0.15) is 6.92 Å². The van der Waals surface area contributed by atoms with Gasteiger partial charge in [-0.3, -0.25) is 9.59 Å². The summed E-state index contributed by atoms with van der Waals surface area (Å²) >= 11 is 1.27. The van der Waals surface area contributed by atoms with Crippen molar-refractivity contribution in [2.75, 3.05) is 12.9 Å². The maximum absolute atomic E-state index is 11.6. The molecule has 0 spiro atoms. The SMILES string of the molecule is COC(=O)C(C)CSc1nccn(C)c1=O. The number of esters is 1. The third-order valence-corrected chi connectivity index (χ3v) is 3.28. The number of thioether (sulfide) groups is 1. The van der Waals surface area contributed by atoms with Gasteiger partial charge in [0.05, 0.1) is 13.0 Å². The summed E-state index contributed by atoms with van der Waals surface area (Å²) in [6.07, 6.45) is 3.16. The first kappa shape index (κ1) is 12.8. The number of carbonyl (C=O) groups is 1. The fraction of sp³-hybridized carbons (Fsp3) is 0.500. The van der Waals surface area contributed by atoms with Gasteiger partial charge in [0.2, 0.25) is 0 Å². The number of aromatic nitrogens is 2. The van der Waals surface area contributed by atoms with Crippen LogP contribution in [-0.2, 0) is 16.6 Å². The summed E-state index contributed by atoms with van der Waals surface area (Å²) < 4.78 is 6.05. The van der Waals surface area contributed by atoms with Crippen LogP contribution in [0.15, 0.2) is 22.2 Å². The lowest BCUT2D eigenvalue weighted by molar-refractivity contribution is -0.143. The molecule has 1 atom stereocenters. The lowest BCUT2D eigenvalue weighted by Crippen LogP contribution is -2.20. The van der Waals surface area contributed by atoms with Crippen molar-refractivity contribution in [3.63, 3.8) is 0 Å². The Balaban J connectivity index is 2.65. The van der Waals surface area contributed by atoms with Crippen LogP contribution < -0.4 is 5.56 Å². The second-order valence-electron chi connectivity index (χ2n) is 3.38. The monoisotopic (exact) mass is 242 g/mol. The van der Waals surface area contributed by atoms with Crippen molar-refractivity contribution >= 4 is 17.7 Å². The molecule has 0 N–H and O–H groups in total. The van der Waals surface area contributed by atoms with E-state index in [0.717, 1.165) is 0 Å². The quantitative estimate of drug-likeness (QED) is 0.574. The van der Waals surface area contributed by atoms with Crippen LogP contribution in [0.2, 0.25) is 0 Å². The van der Waals surface area contributed by atoms with Crippen LogP contribution in [0.4, 0.5) is 0 Å². The van der Waals surface area contributed by atoms with E-state index in [0.29, 0.717) is 10.8 Å². The smallest absolute Gasteiger partial charge is 0.309 e. The lowest BCUT2D eigenvalue weighted by Gasteiger charge is -2.07. The standard InChI is InChI=1S/C10H14N2O3S/c1-7(10(14)15-3)6-16-8-9(13)12(2)5-4-11-8/h4-5,7H,6H2,1-3H3. The number of hydrogen-bond donors (Lipinski definition) is 0. The molecular weight excluding hydrogens is 228 g/mol. The van der Waals surface area contributed by atoms with Crippen molar-refractivity contribution in [3.05, 3.63) is 22.7 Å². The van der Waals surface area contributed by atoms with E-state index in [9.17, 15) is 9.59 Å². The first-order chi connectivity index (χ1) is 7.56. The molecule has 6 heteroatoms. The number of methoxy groups -OCH3 is 1. The number of hydrogen-bond acceptors (Lipinski definition) is 5. The summed E-state index contributed by atoms with van der Waals surface area (Å²) in [5, 5.41) is 0.403. The summed E-state index contributed by atoms with van der Waals surface area (Å²) in [5.74, 6) is -0.0409. The molecule has 0 radical (unpaired) electrons. The Morgan fingerprint density at radius 1 is 1.69 bits per heavy atom. The molecule has 1 unspecified atom stereocenters. The zero-order valence-corrected chi connectivity index (χ0v) is 10.3. The molecule has 1 rings (SSSR count). The number of carbonyl (C=O) groups excluding carboxylic acids is 1. The van der Waals surface area contributed by atoms with Gasteiger partial charge in [-0.25, -0.2) is 4.98 Å². The Kier molecular flexibility index (Phi) is 4.54. The molecule has 1 heterocycles. The molecule has 1 aromatic heterocycles. The fourth-order valence-electron chi connectivity index (χ4n) is 1.05. The lowest BCUT2D eigenvalue weighted by atomic mass is 10.2. The topological polar surface area (TPSA) is 61.2 Å². The molecule has 0 saturated carbocycles. The summed E-state index contributed by atoms with van der Waals surface area (Å²) in [6, 6.07) is 0. The third-order valence-electron chi connectivity index (χ3n) is 2.06. The van der Waals surface area contributed by atoms with Gasteiger partial charge in [-0.05, 0) is 0 Å². The first-order valence-corrected chi connectivity index (χ1v) is 5.77. The third kappa shape index (κ3) is 3.10. The van der Waals surface area contributed by atoms with Gasteiger partial charge in [-0.15, -0.1) is 0 Å². The molecule has 88 valence electrons. The summed E-state index contributed by atoms with van der Waals surface area (Å²) in [7, 11) is 3.01. The highest BCUT2D eigenvalue weighted by Crippen LogP contribution is 2.15. The van der Waals surface area contributed by atoms with E-state index in [1.807, 2.05) is 0 Å². The molecule has 0 amide bonds. The average molecular weight is 242 g/mol. The molecule has 0 aliphatic carbocycles. The Bertz CT molecular complexity index is 430. The van der Waals surface area contributed by atoms with E-state index in [1.165, 1.54) is 23.4 Å². The highest BCUT2D eigenvalue weighted by molar-refractivity contribution is 7.99. The van der Waals surface area contributed by atoms with E-state index in [-0.39, 0.29) is 17.4 Å². The zero-order chi connectivity index (χ0) is 12.1. The molecule has 0 bridgehead atoms. The average Bonchev–Trinajstić information content (AvgIpc) is 2.29. The number of aryl methyl sites for hydroxylation is 1. The summed E-state index contributed by atoms with van der Waals surface area (Å²) in [4.78, 5) is 26.7. The van der Waals surface area contributed by atoms with Crippen LogP contribution >= 0.6 is 11.8 Å². The van der Waals surface area contributed by atoms with Crippen molar-refractivity contribution in [1.82, 2.24) is 9.55 Å². The van der Waals surface area contributed by atoms with Crippen molar-refractivity contribution in [1.29, 1.82) is 0 Å². The normalized spacial score (nSPS) is 12.2. The molecule has 1 aromatic rings. The molecule has 0 aliphatic rings. The molecule has 0 aliphatic heterocycles. The molecule has 0 aromatic carbocycles. The van der Waals surface area contributed by atoms with E-state index in [2.05, 4.69) is 9.72 Å². The van der Waals surface area contributed by atoms with Crippen LogP contribution in [-0.4, -0.2) is 28.4 Å². The van der Waals surface area contributed by atoms with Gasteiger partial charge in [0.1, 0.15) is 0 Å². The number of rotatable bonds is 4. The van der Waals surface area contributed by atoms with Gasteiger partial charge < -0.3 is 9.30 Å². The highest BCUT2D eigenvalue weighted by atomic mass is 32.2. The van der Waals surface area contributed by atoms with Crippen LogP contribution in [0.3, 0.4) is 0 Å². The Labute approximate surface area is 97.8 Å². The van der Waals surface area contributed by atoms with Crippen LogP contribution in [0, 0.1) is 5.92 Å². The molecule has 0 fully saturated rings. The highest BCUT2D eigenvalue weighted by Gasteiger charge is 2.14. The zero-order valence-electron chi connectivity index (χ0n) is 9.47. The second kappa shape index (κ2) is 5.69. The maximum Gasteiger partial charge on any atom is 0.309 e. The van der Waals surface area contributed by atoms with Crippen molar-refractivity contribution < 1.29 is 9.53 Å². The predicted molar refractivity (Wildman–Crippen MR) is 61.4 cm³/mol. The number of ether oxygens (including phenoxy) is 1. The van der Waals surface area contributed by atoms with Crippen molar-refractivity contribution in [2.24, 2.45) is 13.0 Å². The minimum atomic E-state index is -0.278. The van der Waals surface area contributed by atoms with E-state index < -0.39 is 0 Å². The molecular formula is C10H14N2O3S. The van der Waals surface area contributed by atoms with Gasteiger partial charge in [-0.2, -0.15) is 0 Å². The Morgan fingerprint density at radius 3 is 3.00 bits per heavy atom. The van der Waals surface area contributed by atoms with Crippen molar-refractivity contribution in [3.8, 4) is 0 Å². The van der Waals surface area contributed by atoms with Gasteiger partial charge in [0.25, 0.3) is 5.56 Å². The van der Waals surface area contributed by atoms with E-state index in [4.69, 9.17) is 0 Å². The molecule has 0 saturated heterocycles. The van der Waals surface area contributed by atoms with Gasteiger partial charge in [0, 0.05) is 25.2 Å². The summed E-state index contributed by atoms with van der Waals surface area (Å²) in [6.45, 7) is 1.76. The first-order valence-electron chi connectivity index (χ1n) is 4.78. The van der Waals surface area contributed by atoms with Crippen LogP contribution in [0.25, 0.3) is 0 Å². The van der Waals surface area contributed by atoms with E-state index in [1.54, 1.807) is 26.4 Å². The number of nitrogens with zero attached hydrogens (tertiary/aromatic N) is 2. The molecule has 5 nitrogen and oxygen atoms in total. The maximum atomic E-state index is 11.6. The Morgan fingerprint density at radius 2 is 2.38 bits per heavy atom. The summed E-state index contributed by atoms with van der Waals surface area (Å²) in [5.41, 5.74) is -0.149. The molecule has 16 heavy (non-hydrogen) atoms. The van der Waals surface area contributed by atoms with Crippen LogP contribution in [0.5, 0.6) is 0 Å². The Hall–Kier alpha value is -1.30. The fourth-order valence-corrected chi connectivity index (χ4v) is 1.99.